The maximum Gasteiger partial charge on any atom is 0.354 e. The van der Waals surface area contributed by atoms with E-state index in [0.717, 1.165) is 0 Å². The van der Waals surface area contributed by atoms with Crippen LogP contribution in [0, 0.1) is 0 Å². The minimum Gasteiger partial charge on any atom is -0.477 e. The van der Waals surface area contributed by atoms with Gasteiger partial charge in [0, 0.05) is 6.20 Å². The Morgan fingerprint density at radius 2 is 2.27 bits per heavy atom. The lowest BCUT2D eigenvalue weighted by molar-refractivity contribution is 0.0689. The van der Waals surface area contributed by atoms with Gasteiger partial charge in [-0.15, -0.1) is 12.4 Å². The molecular weight excluding hydrogens is 220 g/mol. The molecule has 2 aromatic heterocycles. The summed E-state index contributed by atoms with van der Waals surface area (Å²) in [6, 6.07) is 3.19. The van der Waals surface area contributed by atoms with E-state index in [0.29, 0.717) is 17.5 Å². The summed E-state index contributed by atoms with van der Waals surface area (Å²) in [4.78, 5) is 25.2. The topological polar surface area (TPSA) is 71.7 Å². The Kier molecular flexibility index (Phi) is 3.06. The van der Waals surface area contributed by atoms with Gasteiger partial charge in [0.15, 0.2) is 12.0 Å². The van der Waals surface area contributed by atoms with Gasteiger partial charge in [0.2, 0.25) is 0 Å². The van der Waals surface area contributed by atoms with Crippen molar-refractivity contribution in [3.8, 4) is 0 Å². The number of carboxylic acid groups (broad SMARTS) is 1. The molecule has 0 bridgehead atoms. The normalized spacial score (nSPS) is 9.60. The lowest BCUT2D eigenvalue weighted by Crippen LogP contribution is -2.01. The molecule has 2 aromatic rings. The third kappa shape index (κ3) is 1.69. The van der Waals surface area contributed by atoms with Crippen LogP contribution in [0.1, 0.15) is 20.8 Å². The van der Waals surface area contributed by atoms with Crippen LogP contribution in [0.2, 0.25) is 0 Å². The molecule has 0 spiro atoms. The maximum atomic E-state index is 10.7. The molecule has 2 heterocycles. The van der Waals surface area contributed by atoms with Crippen LogP contribution in [0.4, 0.5) is 0 Å². The molecule has 5 nitrogen and oxygen atoms in total. The second-order valence-electron chi connectivity index (χ2n) is 2.72. The second-order valence-corrected chi connectivity index (χ2v) is 2.72. The van der Waals surface area contributed by atoms with Gasteiger partial charge in [-0.05, 0) is 12.1 Å². The number of fused-ring (bicyclic) bond motifs is 1. The van der Waals surface area contributed by atoms with Crippen LogP contribution in [0.15, 0.2) is 24.5 Å². The Bertz CT molecular complexity index is 521. The van der Waals surface area contributed by atoms with E-state index in [1.807, 2.05) is 0 Å². The van der Waals surface area contributed by atoms with Gasteiger partial charge in [-0.25, -0.2) is 9.78 Å². The summed E-state index contributed by atoms with van der Waals surface area (Å²) >= 11 is 0. The summed E-state index contributed by atoms with van der Waals surface area (Å²) in [5.74, 6) is -1.07. The molecule has 0 aliphatic heterocycles. The molecule has 6 heteroatoms. The minimum atomic E-state index is -1.07. The predicted molar refractivity (Wildman–Crippen MR) is 54.8 cm³/mol. The van der Waals surface area contributed by atoms with Crippen molar-refractivity contribution in [1.29, 1.82) is 0 Å². The Hall–Kier alpha value is -1.88. The number of carbonyl (C=O) groups is 2. The molecule has 0 saturated heterocycles. The van der Waals surface area contributed by atoms with Gasteiger partial charge in [-0.3, -0.25) is 9.20 Å². The lowest BCUT2D eigenvalue weighted by Gasteiger charge is -1.97. The van der Waals surface area contributed by atoms with Gasteiger partial charge in [0.25, 0.3) is 0 Å². The van der Waals surface area contributed by atoms with Gasteiger partial charge in [-0.2, -0.15) is 0 Å². The molecule has 0 aliphatic rings. The smallest absolute Gasteiger partial charge is 0.354 e. The molecular formula is C9H7ClN2O3. The van der Waals surface area contributed by atoms with Crippen LogP contribution in [0.5, 0.6) is 0 Å². The van der Waals surface area contributed by atoms with Crippen LogP contribution < -0.4 is 0 Å². The number of nitrogens with zero attached hydrogens (tertiary/aromatic N) is 2. The van der Waals surface area contributed by atoms with E-state index in [1.165, 1.54) is 10.6 Å². The number of rotatable bonds is 2. The average molecular weight is 227 g/mol. The number of aromatic carboxylic acids is 1. The number of carbonyl (C=O) groups excluding carboxylic acids is 1. The molecule has 0 amide bonds. The number of imidazole rings is 1. The van der Waals surface area contributed by atoms with E-state index in [-0.39, 0.29) is 18.1 Å². The zero-order valence-corrected chi connectivity index (χ0v) is 8.27. The van der Waals surface area contributed by atoms with Crippen molar-refractivity contribution in [2.75, 3.05) is 0 Å². The second kappa shape index (κ2) is 4.10. The highest BCUT2D eigenvalue weighted by molar-refractivity contribution is 5.89. The molecule has 0 aliphatic carbocycles. The number of hydrogen-bond acceptors (Lipinski definition) is 3. The first-order valence-corrected chi connectivity index (χ1v) is 3.88. The van der Waals surface area contributed by atoms with E-state index in [1.54, 1.807) is 18.3 Å². The third-order valence-electron chi connectivity index (χ3n) is 1.91. The van der Waals surface area contributed by atoms with Gasteiger partial charge < -0.3 is 5.11 Å². The van der Waals surface area contributed by atoms with Crippen molar-refractivity contribution in [3.63, 3.8) is 0 Å². The highest BCUT2D eigenvalue weighted by atomic mass is 35.5. The summed E-state index contributed by atoms with van der Waals surface area (Å²) < 4.78 is 1.37. The number of pyridine rings is 1. The highest BCUT2D eigenvalue weighted by Gasteiger charge is 2.11. The largest absolute Gasteiger partial charge is 0.477 e. The number of aldehydes is 1. The minimum absolute atomic E-state index is 0. The summed E-state index contributed by atoms with van der Waals surface area (Å²) in [6.45, 7) is 0. The number of aromatic nitrogens is 2. The van der Waals surface area contributed by atoms with Crippen molar-refractivity contribution in [3.05, 3.63) is 35.8 Å². The molecule has 15 heavy (non-hydrogen) atoms. The fourth-order valence-electron chi connectivity index (χ4n) is 1.28. The van der Waals surface area contributed by atoms with E-state index in [2.05, 4.69) is 4.98 Å². The van der Waals surface area contributed by atoms with E-state index in [9.17, 15) is 9.59 Å². The number of carboxylic acids is 1. The maximum absolute atomic E-state index is 10.7. The number of hydrogen-bond donors (Lipinski definition) is 1. The Morgan fingerprint density at radius 3 is 2.87 bits per heavy atom. The molecule has 0 unspecified atom stereocenters. The van der Waals surface area contributed by atoms with E-state index in [4.69, 9.17) is 5.11 Å². The van der Waals surface area contributed by atoms with Crippen molar-refractivity contribution in [2.45, 2.75) is 0 Å². The molecule has 0 atom stereocenters. The monoisotopic (exact) mass is 226 g/mol. The molecule has 0 saturated carbocycles. The molecule has 78 valence electrons. The van der Waals surface area contributed by atoms with E-state index < -0.39 is 5.97 Å². The Balaban J connectivity index is 0.00000112. The fourth-order valence-corrected chi connectivity index (χ4v) is 1.28. The van der Waals surface area contributed by atoms with Crippen LogP contribution in [0.25, 0.3) is 5.65 Å². The molecule has 0 fully saturated rings. The molecule has 0 aromatic carbocycles. The van der Waals surface area contributed by atoms with Crippen molar-refractivity contribution in [2.24, 2.45) is 0 Å². The molecule has 0 radical (unpaired) electrons. The van der Waals surface area contributed by atoms with Crippen molar-refractivity contribution in [1.82, 2.24) is 9.38 Å². The first-order valence-electron chi connectivity index (χ1n) is 3.88. The predicted octanol–water partition coefficient (Wildman–Crippen LogP) is 1.27. The van der Waals surface area contributed by atoms with Crippen LogP contribution >= 0.6 is 12.4 Å². The van der Waals surface area contributed by atoms with Gasteiger partial charge in [-0.1, -0.05) is 0 Å². The lowest BCUT2D eigenvalue weighted by atomic mass is 10.3. The molecule has 2 rings (SSSR count). The average Bonchev–Trinajstić information content (AvgIpc) is 2.60. The summed E-state index contributed by atoms with van der Waals surface area (Å²) in [5, 5.41) is 8.79. The molecule has 1 N–H and O–H groups in total. The zero-order chi connectivity index (χ0) is 10.1. The fraction of sp³-hybridized carbons (Fsp3) is 0. The first-order chi connectivity index (χ1) is 6.74. The van der Waals surface area contributed by atoms with Crippen molar-refractivity contribution >= 4 is 30.3 Å². The highest BCUT2D eigenvalue weighted by Crippen LogP contribution is 2.10. The SMILES string of the molecule is Cl.O=Cc1cccn2c(C(=O)O)cnc12. The van der Waals surface area contributed by atoms with Gasteiger partial charge in [0.1, 0.15) is 5.65 Å². The summed E-state index contributed by atoms with van der Waals surface area (Å²) in [5.41, 5.74) is 0.781. The summed E-state index contributed by atoms with van der Waals surface area (Å²) in [6.07, 6.45) is 3.43. The zero-order valence-electron chi connectivity index (χ0n) is 7.45. The Morgan fingerprint density at radius 1 is 1.53 bits per heavy atom. The standard InChI is InChI=1S/C9H6N2O3.ClH/c12-5-6-2-1-3-11-7(9(13)14)4-10-8(6)11;/h1-5H,(H,13,14);1H. The van der Waals surface area contributed by atoms with Crippen molar-refractivity contribution < 1.29 is 14.7 Å². The summed E-state index contributed by atoms with van der Waals surface area (Å²) in [7, 11) is 0. The van der Waals surface area contributed by atoms with Crippen LogP contribution in [0.3, 0.4) is 0 Å². The van der Waals surface area contributed by atoms with Gasteiger partial charge >= 0.3 is 5.97 Å². The van der Waals surface area contributed by atoms with Crippen LogP contribution in [-0.2, 0) is 0 Å². The third-order valence-corrected chi connectivity index (χ3v) is 1.91. The van der Waals surface area contributed by atoms with Gasteiger partial charge in [0.05, 0.1) is 11.8 Å². The quantitative estimate of drug-likeness (QED) is 0.783. The van der Waals surface area contributed by atoms with Crippen LogP contribution in [-0.4, -0.2) is 26.7 Å². The Labute approximate surface area is 90.8 Å². The van der Waals surface area contributed by atoms with E-state index >= 15 is 0 Å². The number of halogens is 1. The first kappa shape index (κ1) is 11.2.